The van der Waals surface area contributed by atoms with Gasteiger partial charge >= 0.3 is 0 Å². The molecule has 0 saturated heterocycles. The maximum Gasteiger partial charge on any atom is 0.271 e. The van der Waals surface area contributed by atoms with E-state index in [9.17, 15) is 19.3 Å². The van der Waals surface area contributed by atoms with Gasteiger partial charge in [-0.3, -0.25) is 14.9 Å². The second-order valence-electron chi connectivity index (χ2n) is 4.78. The average Bonchev–Trinajstić information content (AvgIpc) is 2.54. The molecule has 2 aromatic carbocycles. The largest absolute Gasteiger partial charge is 0.495 e. The van der Waals surface area contributed by atoms with Gasteiger partial charge in [0.25, 0.3) is 5.69 Å². The van der Waals surface area contributed by atoms with Crippen LogP contribution < -0.4 is 10.1 Å². The summed E-state index contributed by atoms with van der Waals surface area (Å²) in [4.78, 5) is 22.2. The number of nitrogens with zero attached hydrogens (tertiary/aromatic N) is 1. The Morgan fingerprint density at radius 1 is 1.30 bits per heavy atom. The summed E-state index contributed by atoms with van der Waals surface area (Å²) in [6.45, 7) is 0. The van der Waals surface area contributed by atoms with Crippen molar-refractivity contribution in [3.8, 4) is 5.75 Å². The number of hydrogen-bond donors (Lipinski definition) is 1. The molecule has 2 aromatic rings. The molecule has 0 aliphatic carbocycles. The molecular weight excluding hydrogens is 303 g/mol. The highest BCUT2D eigenvalue weighted by molar-refractivity contribution is 5.92. The molecule has 0 aromatic heterocycles. The Morgan fingerprint density at radius 3 is 2.70 bits per heavy atom. The number of ether oxygens (including phenoxy) is 1. The molecule has 23 heavy (non-hydrogen) atoms. The number of nitro groups is 1. The molecule has 2 rings (SSSR count). The minimum atomic E-state index is -0.561. The van der Waals surface area contributed by atoms with E-state index in [1.54, 1.807) is 18.2 Å². The monoisotopic (exact) mass is 318 g/mol. The third kappa shape index (κ3) is 4.26. The second-order valence-corrected chi connectivity index (χ2v) is 4.78. The number of anilines is 1. The van der Waals surface area contributed by atoms with Crippen LogP contribution in [0, 0.1) is 15.9 Å². The highest BCUT2D eigenvalue weighted by atomic mass is 19.1. The lowest BCUT2D eigenvalue weighted by Crippen LogP contribution is -2.13. The molecule has 6 nitrogen and oxygen atoms in total. The summed E-state index contributed by atoms with van der Waals surface area (Å²) in [5, 5.41) is 13.4. The van der Waals surface area contributed by atoms with Gasteiger partial charge in [0.2, 0.25) is 5.91 Å². The van der Waals surface area contributed by atoms with Crippen LogP contribution in [0.25, 0.3) is 0 Å². The fourth-order valence-corrected chi connectivity index (χ4v) is 2.07. The number of nitrogens with one attached hydrogen (secondary N) is 1. The van der Waals surface area contributed by atoms with Crippen molar-refractivity contribution in [3.63, 3.8) is 0 Å². The zero-order chi connectivity index (χ0) is 16.8. The number of carbonyl (C=O) groups excluding carboxylic acids is 1. The van der Waals surface area contributed by atoms with E-state index in [0.717, 1.165) is 0 Å². The van der Waals surface area contributed by atoms with Crippen molar-refractivity contribution in [2.24, 2.45) is 0 Å². The maximum absolute atomic E-state index is 13.5. The van der Waals surface area contributed by atoms with Crippen LogP contribution in [-0.2, 0) is 11.2 Å². The predicted molar refractivity (Wildman–Crippen MR) is 83.0 cm³/mol. The second kappa shape index (κ2) is 7.35. The topological polar surface area (TPSA) is 81.5 Å². The van der Waals surface area contributed by atoms with Crippen LogP contribution in [0.4, 0.5) is 15.8 Å². The number of halogens is 1. The van der Waals surface area contributed by atoms with Crippen LogP contribution >= 0.6 is 0 Å². The summed E-state index contributed by atoms with van der Waals surface area (Å²) < 4.78 is 18.6. The van der Waals surface area contributed by atoms with Gasteiger partial charge in [-0.15, -0.1) is 0 Å². The van der Waals surface area contributed by atoms with E-state index in [1.807, 2.05) is 0 Å². The third-order valence-electron chi connectivity index (χ3n) is 3.25. The van der Waals surface area contributed by atoms with E-state index in [4.69, 9.17) is 4.74 Å². The van der Waals surface area contributed by atoms with Crippen LogP contribution in [0.3, 0.4) is 0 Å². The highest BCUT2D eigenvalue weighted by Crippen LogP contribution is 2.29. The molecule has 0 saturated carbocycles. The first kappa shape index (κ1) is 16.4. The smallest absolute Gasteiger partial charge is 0.271 e. The lowest BCUT2D eigenvalue weighted by Gasteiger charge is -2.10. The summed E-state index contributed by atoms with van der Waals surface area (Å²) in [6, 6.07) is 10.1. The number of non-ortho nitro benzene ring substituents is 1. The van der Waals surface area contributed by atoms with Crippen LogP contribution in [-0.4, -0.2) is 17.9 Å². The van der Waals surface area contributed by atoms with Gasteiger partial charge in [-0.2, -0.15) is 0 Å². The zero-order valence-electron chi connectivity index (χ0n) is 12.4. The minimum Gasteiger partial charge on any atom is -0.495 e. The Hall–Kier alpha value is -2.96. The van der Waals surface area contributed by atoms with Crippen molar-refractivity contribution in [3.05, 3.63) is 64.0 Å². The molecule has 0 bridgehead atoms. The molecule has 1 N–H and O–H groups in total. The Kier molecular flexibility index (Phi) is 5.24. The number of benzene rings is 2. The lowest BCUT2D eigenvalue weighted by atomic mass is 10.1. The summed E-state index contributed by atoms with van der Waals surface area (Å²) in [5.41, 5.74) is 0.490. The normalized spacial score (nSPS) is 10.2. The molecule has 0 unspecified atom stereocenters. The molecule has 0 spiro atoms. The van der Waals surface area contributed by atoms with Gasteiger partial charge in [0, 0.05) is 18.6 Å². The van der Waals surface area contributed by atoms with E-state index < -0.39 is 4.92 Å². The molecule has 0 aliphatic rings. The first-order valence-corrected chi connectivity index (χ1v) is 6.87. The standard InChI is InChI=1S/C16H15FN2O4/c1-23-15-8-7-12(19(21)22)10-14(15)18-16(20)9-6-11-4-2-3-5-13(11)17/h2-5,7-8,10H,6,9H2,1H3,(H,18,20). The molecule has 0 fully saturated rings. The van der Waals surface area contributed by atoms with E-state index in [2.05, 4.69) is 5.32 Å². The molecule has 0 radical (unpaired) electrons. The van der Waals surface area contributed by atoms with Crippen molar-refractivity contribution in [1.82, 2.24) is 0 Å². The molecule has 120 valence electrons. The van der Waals surface area contributed by atoms with Crippen LogP contribution in [0.15, 0.2) is 42.5 Å². The minimum absolute atomic E-state index is 0.0484. The number of amides is 1. The number of aryl methyl sites for hydroxylation is 1. The predicted octanol–water partition coefficient (Wildman–Crippen LogP) is 3.31. The molecule has 0 atom stereocenters. The van der Waals surface area contributed by atoms with Gasteiger partial charge in [0.15, 0.2) is 0 Å². The fourth-order valence-electron chi connectivity index (χ4n) is 2.07. The fraction of sp³-hybridized carbons (Fsp3) is 0.188. The molecule has 0 heterocycles. The van der Waals surface area contributed by atoms with Gasteiger partial charge < -0.3 is 10.1 Å². The van der Waals surface area contributed by atoms with Crippen LogP contribution in [0.1, 0.15) is 12.0 Å². The van der Waals surface area contributed by atoms with Crippen molar-refractivity contribution in [2.45, 2.75) is 12.8 Å². The number of nitro benzene ring substituents is 1. The first-order chi connectivity index (χ1) is 11.0. The number of rotatable bonds is 6. The molecule has 7 heteroatoms. The van der Waals surface area contributed by atoms with Crippen molar-refractivity contribution >= 4 is 17.3 Å². The Balaban J connectivity index is 2.06. The van der Waals surface area contributed by atoms with E-state index in [0.29, 0.717) is 11.3 Å². The Labute approximate surface area is 132 Å². The average molecular weight is 318 g/mol. The highest BCUT2D eigenvalue weighted by Gasteiger charge is 2.14. The van der Waals surface area contributed by atoms with Gasteiger partial charge in [-0.1, -0.05) is 18.2 Å². The van der Waals surface area contributed by atoms with Crippen LogP contribution in [0.2, 0.25) is 0 Å². The van der Waals surface area contributed by atoms with Crippen molar-refractivity contribution in [2.75, 3.05) is 12.4 Å². The lowest BCUT2D eigenvalue weighted by molar-refractivity contribution is -0.384. The number of carbonyl (C=O) groups is 1. The maximum atomic E-state index is 13.5. The van der Waals surface area contributed by atoms with Crippen molar-refractivity contribution < 1.29 is 18.8 Å². The third-order valence-corrected chi connectivity index (χ3v) is 3.25. The summed E-state index contributed by atoms with van der Waals surface area (Å²) in [6.07, 6.45) is 0.280. The SMILES string of the molecule is COc1ccc([N+](=O)[O-])cc1NC(=O)CCc1ccccc1F. The van der Waals surface area contributed by atoms with Crippen molar-refractivity contribution in [1.29, 1.82) is 0 Å². The van der Waals surface area contributed by atoms with E-state index in [-0.39, 0.29) is 35.9 Å². The summed E-state index contributed by atoms with van der Waals surface area (Å²) in [5.74, 6) is -0.435. The Bertz CT molecular complexity index is 734. The summed E-state index contributed by atoms with van der Waals surface area (Å²) in [7, 11) is 1.40. The molecular formula is C16H15FN2O4. The van der Waals surface area contributed by atoms with Gasteiger partial charge in [0.05, 0.1) is 17.7 Å². The van der Waals surface area contributed by atoms with Gasteiger partial charge in [-0.05, 0) is 24.1 Å². The first-order valence-electron chi connectivity index (χ1n) is 6.87. The van der Waals surface area contributed by atoms with E-state index in [1.165, 1.54) is 31.4 Å². The zero-order valence-corrected chi connectivity index (χ0v) is 12.4. The quantitative estimate of drug-likeness (QED) is 0.654. The molecule has 1 amide bonds. The van der Waals surface area contributed by atoms with Gasteiger partial charge in [0.1, 0.15) is 11.6 Å². The number of hydrogen-bond acceptors (Lipinski definition) is 4. The Morgan fingerprint density at radius 2 is 2.04 bits per heavy atom. The van der Waals surface area contributed by atoms with Gasteiger partial charge in [-0.25, -0.2) is 4.39 Å². The summed E-state index contributed by atoms with van der Waals surface area (Å²) >= 11 is 0. The van der Waals surface area contributed by atoms with Crippen LogP contribution in [0.5, 0.6) is 5.75 Å². The van der Waals surface area contributed by atoms with E-state index >= 15 is 0 Å². The number of methoxy groups -OCH3 is 1. The molecule has 0 aliphatic heterocycles.